The van der Waals surface area contributed by atoms with Crippen LogP contribution in [0.2, 0.25) is 0 Å². The Morgan fingerprint density at radius 3 is 2.25 bits per heavy atom. The smallest absolute Gasteiger partial charge is 0.338 e. The van der Waals surface area contributed by atoms with Crippen molar-refractivity contribution in [3.05, 3.63) is 71.3 Å². The van der Waals surface area contributed by atoms with Gasteiger partial charge in [-0.05, 0) is 36.4 Å². The van der Waals surface area contributed by atoms with Crippen LogP contribution >= 0.6 is 0 Å². The predicted octanol–water partition coefficient (Wildman–Crippen LogP) is 1.58. The zero-order valence-corrected chi connectivity index (χ0v) is 12.2. The van der Waals surface area contributed by atoms with Gasteiger partial charge in [-0.3, -0.25) is 20.4 Å². The van der Waals surface area contributed by atoms with E-state index in [4.69, 9.17) is 4.74 Å². The largest absolute Gasteiger partial charge is 0.452 e. The Morgan fingerprint density at radius 2 is 1.58 bits per heavy atom. The van der Waals surface area contributed by atoms with E-state index in [0.717, 1.165) is 18.2 Å². The average Bonchev–Trinajstić information content (AvgIpc) is 2.58. The number of rotatable bonds is 4. The Labute approximate surface area is 135 Å². The van der Waals surface area contributed by atoms with Crippen LogP contribution in [0.25, 0.3) is 0 Å². The van der Waals surface area contributed by atoms with Gasteiger partial charge in [-0.2, -0.15) is 0 Å². The van der Waals surface area contributed by atoms with Crippen LogP contribution < -0.4 is 10.9 Å². The van der Waals surface area contributed by atoms with Crippen LogP contribution in [-0.4, -0.2) is 24.4 Å². The number of carbonyl (C=O) groups excluding carboxylic acids is 3. The first-order valence-electron chi connectivity index (χ1n) is 6.74. The fraction of sp³-hybridized carbons (Fsp3) is 0.0625. The third kappa shape index (κ3) is 4.60. The van der Waals surface area contributed by atoms with E-state index < -0.39 is 36.0 Å². The number of halogens is 2. The molecule has 0 unspecified atom stereocenters. The van der Waals surface area contributed by atoms with Crippen LogP contribution in [0, 0.1) is 11.6 Å². The molecule has 0 aliphatic rings. The zero-order valence-electron chi connectivity index (χ0n) is 12.2. The number of benzene rings is 2. The summed E-state index contributed by atoms with van der Waals surface area (Å²) < 4.78 is 30.8. The molecule has 124 valence electrons. The van der Waals surface area contributed by atoms with E-state index in [1.54, 1.807) is 0 Å². The van der Waals surface area contributed by atoms with Crippen LogP contribution in [0.5, 0.6) is 0 Å². The van der Waals surface area contributed by atoms with Crippen molar-refractivity contribution in [2.24, 2.45) is 0 Å². The molecule has 0 spiro atoms. The average molecular weight is 334 g/mol. The number of hydrogen-bond donors (Lipinski definition) is 2. The van der Waals surface area contributed by atoms with E-state index >= 15 is 0 Å². The fourth-order valence-electron chi connectivity index (χ4n) is 1.68. The highest BCUT2D eigenvalue weighted by Gasteiger charge is 2.13. The summed E-state index contributed by atoms with van der Waals surface area (Å²) in [6.07, 6.45) is 0. The number of hydrazine groups is 1. The van der Waals surface area contributed by atoms with Crippen molar-refractivity contribution in [1.29, 1.82) is 0 Å². The molecule has 0 atom stereocenters. The SMILES string of the molecule is O=C(COC(=O)c1ccc(F)cc1)NNC(=O)c1ccccc1F. The molecule has 2 amide bonds. The van der Waals surface area contributed by atoms with Gasteiger partial charge in [0, 0.05) is 0 Å². The van der Waals surface area contributed by atoms with E-state index in [-0.39, 0.29) is 11.1 Å². The van der Waals surface area contributed by atoms with Gasteiger partial charge in [-0.1, -0.05) is 12.1 Å². The first-order chi connectivity index (χ1) is 11.5. The van der Waals surface area contributed by atoms with Gasteiger partial charge >= 0.3 is 5.97 Å². The Morgan fingerprint density at radius 1 is 0.917 bits per heavy atom. The van der Waals surface area contributed by atoms with Gasteiger partial charge in [0.2, 0.25) is 0 Å². The molecule has 0 radical (unpaired) electrons. The van der Waals surface area contributed by atoms with Crippen molar-refractivity contribution in [3.8, 4) is 0 Å². The van der Waals surface area contributed by atoms with Crippen molar-refractivity contribution >= 4 is 17.8 Å². The van der Waals surface area contributed by atoms with Gasteiger partial charge in [0.25, 0.3) is 11.8 Å². The monoisotopic (exact) mass is 334 g/mol. The van der Waals surface area contributed by atoms with Crippen LogP contribution in [0.15, 0.2) is 48.5 Å². The first kappa shape index (κ1) is 17.1. The van der Waals surface area contributed by atoms with E-state index in [2.05, 4.69) is 0 Å². The van der Waals surface area contributed by atoms with Crippen molar-refractivity contribution in [2.45, 2.75) is 0 Å². The molecule has 2 rings (SSSR count). The first-order valence-corrected chi connectivity index (χ1v) is 6.74. The topological polar surface area (TPSA) is 84.5 Å². The molecule has 2 aromatic rings. The molecular formula is C16H12F2N2O4. The lowest BCUT2D eigenvalue weighted by Gasteiger charge is -2.08. The summed E-state index contributed by atoms with van der Waals surface area (Å²) in [5.41, 5.74) is 3.79. The number of carbonyl (C=O) groups is 3. The van der Waals surface area contributed by atoms with Crippen molar-refractivity contribution in [2.75, 3.05) is 6.61 Å². The fourth-order valence-corrected chi connectivity index (χ4v) is 1.68. The zero-order chi connectivity index (χ0) is 17.5. The summed E-state index contributed by atoms with van der Waals surface area (Å²) in [4.78, 5) is 34.8. The van der Waals surface area contributed by atoms with Gasteiger partial charge in [0.05, 0.1) is 11.1 Å². The van der Waals surface area contributed by atoms with E-state index in [1.807, 2.05) is 10.9 Å². The molecule has 0 fully saturated rings. The maximum atomic E-state index is 13.4. The molecule has 24 heavy (non-hydrogen) atoms. The number of nitrogens with one attached hydrogen (secondary N) is 2. The van der Waals surface area contributed by atoms with Crippen LogP contribution in [0.3, 0.4) is 0 Å². The number of hydrogen-bond acceptors (Lipinski definition) is 4. The summed E-state index contributed by atoms with van der Waals surface area (Å²) >= 11 is 0. The van der Waals surface area contributed by atoms with Gasteiger partial charge in [0.15, 0.2) is 6.61 Å². The Kier molecular flexibility index (Phi) is 5.56. The second kappa shape index (κ2) is 7.82. The standard InChI is InChI=1S/C16H12F2N2O4/c17-11-7-5-10(6-8-11)16(23)24-9-14(21)19-20-15(22)12-3-1-2-4-13(12)18/h1-8H,9H2,(H,19,21)(H,20,22). The van der Waals surface area contributed by atoms with Crippen LogP contribution in [0.4, 0.5) is 8.78 Å². The summed E-state index contributed by atoms with van der Waals surface area (Å²) in [5, 5.41) is 0. The quantitative estimate of drug-likeness (QED) is 0.657. The minimum absolute atomic E-state index is 0.0691. The highest BCUT2D eigenvalue weighted by atomic mass is 19.1. The molecule has 0 aliphatic heterocycles. The summed E-state index contributed by atoms with van der Waals surface area (Å²) in [6.45, 7) is -0.673. The molecule has 0 bridgehead atoms. The molecule has 0 aliphatic carbocycles. The van der Waals surface area contributed by atoms with Crippen molar-refractivity contribution in [3.63, 3.8) is 0 Å². The number of esters is 1. The summed E-state index contributed by atoms with van der Waals surface area (Å²) in [6, 6.07) is 9.78. The Hall–Kier alpha value is -3.29. The van der Waals surface area contributed by atoms with Crippen LogP contribution in [0.1, 0.15) is 20.7 Å². The highest BCUT2D eigenvalue weighted by molar-refractivity contribution is 5.96. The molecule has 2 aromatic carbocycles. The molecule has 0 aromatic heterocycles. The molecule has 8 heteroatoms. The van der Waals surface area contributed by atoms with Gasteiger partial charge in [0.1, 0.15) is 11.6 Å². The molecule has 6 nitrogen and oxygen atoms in total. The third-order valence-electron chi connectivity index (χ3n) is 2.85. The lowest BCUT2D eigenvalue weighted by atomic mass is 10.2. The minimum Gasteiger partial charge on any atom is -0.452 e. The van der Waals surface area contributed by atoms with Crippen molar-refractivity contribution < 1.29 is 27.9 Å². The summed E-state index contributed by atoms with van der Waals surface area (Å²) in [7, 11) is 0. The van der Waals surface area contributed by atoms with Gasteiger partial charge in [-0.25, -0.2) is 13.6 Å². The molecule has 0 saturated heterocycles. The highest BCUT2D eigenvalue weighted by Crippen LogP contribution is 2.05. The second-order valence-corrected chi connectivity index (χ2v) is 4.57. The maximum Gasteiger partial charge on any atom is 0.338 e. The molecular weight excluding hydrogens is 322 g/mol. The van der Waals surface area contributed by atoms with Gasteiger partial charge < -0.3 is 4.74 Å². The van der Waals surface area contributed by atoms with E-state index in [0.29, 0.717) is 0 Å². The number of amides is 2. The predicted molar refractivity (Wildman–Crippen MR) is 78.7 cm³/mol. The lowest BCUT2D eigenvalue weighted by Crippen LogP contribution is -2.43. The summed E-state index contributed by atoms with van der Waals surface area (Å²) in [5.74, 6) is -3.76. The normalized spacial score (nSPS) is 9.92. The van der Waals surface area contributed by atoms with Crippen molar-refractivity contribution in [1.82, 2.24) is 10.9 Å². The Bertz CT molecular complexity index is 763. The molecule has 0 saturated carbocycles. The van der Waals surface area contributed by atoms with Crippen LogP contribution in [-0.2, 0) is 9.53 Å². The minimum atomic E-state index is -0.855. The van der Waals surface area contributed by atoms with E-state index in [9.17, 15) is 23.2 Å². The van der Waals surface area contributed by atoms with E-state index in [1.165, 1.54) is 30.3 Å². The molecule has 2 N–H and O–H groups in total. The maximum absolute atomic E-state index is 13.4. The second-order valence-electron chi connectivity index (χ2n) is 4.57. The molecule has 0 heterocycles. The third-order valence-corrected chi connectivity index (χ3v) is 2.85. The number of ether oxygens (including phenoxy) is 1. The Balaban J connectivity index is 1.79. The van der Waals surface area contributed by atoms with Gasteiger partial charge in [-0.15, -0.1) is 0 Å². The lowest BCUT2D eigenvalue weighted by molar-refractivity contribution is -0.125.